The lowest BCUT2D eigenvalue weighted by atomic mass is 9.73. The Morgan fingerprint density at radius 2 is 1.90 bits per heavy atom. The van der Waals surface area contributed by atoms with Crippen LogP contribution in [-0.4, -0.2) is 11.8 Å². The van der Waals surface area contributed by atoms with Crippen LogP contribution in [0.1, 0.15) is 43.6 Å². The van der Waals surface area contributed by atoms with Crippen molar-refractivity contribution >= 4 is 23.4 Å². The van der Waals surface area contributed by atoms with Crippen LogP contribution in [0, 0.1) is 11.8 Å². The van der Waals surface area contributed by atoms with Crippen molar-refractivity contribution in [1.29, 1.82) is 0 Å². The Morgan fingerprint density at radius 3 is 2.60 bits per heavy atom. The first-order valence-corrected chi connectivity index (χ1v) is 7.62. The maximum absolute atomic E-state index is 12.3. The SMILES string of the molecule is O=C1CC(C2CCCC2)C(c2cccc(Cl)c2)C(=O)N1. The highest BCUT2D eigenvalue weighted by molar-refractivity contribution is 6.30. The second-order valence-corrected chi connectivity index (χ2v) is 6.29. The van der Waals surface area contributed by atoms with Gasteiger partial charge in [-0.15, -0.1) is 0 Å². The van der Waals surface area contributed by atoms with Crippen molar-refractivity contribution < 1.29 is 9.59 Å². The van der Waals surface area contributed by atoms with Gasteiger partial charge in [0.15, 0.2) is 0 Å². The first-order valence-electron chi connectivity index (χ1n) is 7.24. The monoisotopic (exact) mass is 291 g/mol. The van der Waals surface area contributed by atoms with E-state index in [-0.39, 0.29) is 23.7 Å². The summed E-state index contributed by atoms with van der Waals surface area (Å²) in [5.74, 6) is 0.0614. The van der Waals surface area contributed by atoms with E-state index in [1.54, 1.807) is 0 Å². The highest BCUT2D eigenvalue weighted by atomic mass is 35.5. The van der Waals surface area contributed by atoms with Gasteiger partial charge in [-0.1, -0.05) is 49.4 Å². The van der Waals surface area contributed by atoms with E-state index in [0.717, 1.165) is 18.4 Å². The van der Waals surface area contributed by atoms with E-state index in [9.17, 15) is 9.59 Å². The zero-order valence-corrected chi connectivity index (χ0v) is 12.0. The molecule has 2 amide bonds. The van der Waals surface area contributed by atoms with Gasteiger partial charge in [0.2, 0.25) is 11.8 Å². The van der Waals surface area contributed by atoms with Crippen LogP contribution in [0.3, 0.4) is 0 Å². The summed E-state index contributed by atoms with van der Waals surface area (Å²) < 4.78 is 0. The lowest BCUT2D eigenvalue weighted by molar-refractivity contribution is -0.137. The molecule has 1 aliphatic carbocycles. The zero-order valence-electron chi connectivity index (χ0n) is 11.3. The number of carbonyl (C=O) groups is 2. The molecule has 0 bridgehead atoms. The van der Waals surface area contributed by atoms with Gasteiger partial charge in [-0.05, 0) is 29.5 Å². The molecule has 1 aromatic rings. The minimum absolute atomic E-state index is 0.122. The van der Waals surface area contributed by atoms with Crippen LogP contribution >= 0.6 is 11.6 Å². The van der Waals surface area contributed by atoms with E-state index in [1.165, 1.54) is 12.8 Å². The molecule has 20 heavy (non-hydrogen) atoms. The normalized spacial score (nSPS) is 27.6. The highest BCUT2D eigenvalue weighted by Crippen LogP contribution is 2.43. The molecule has 3 nitrogen and oxygen atoms in total. The minimum Gasteiger partial charge on any atom is -0.296 e. The Bertz CT molecular complexity index is 537. The summed E-state index contributed by atoms with van der Waals surface area (Å²) in [6, 6.07) is 7.46. The van der Waals surface area contributed by atoms with Crippen LogP contribution in [0.2, 0.25) is 5.02 Å². The lowest BCUT2D eigenvalue weighted by Crippen LogP contribution is -2.46. The second-order valence-electron chi connectivity index (χ2n) is 5.86. The van der Waals surface area contributed by atoms with E-state index in [4.69, 9.17) is 11.6 Å². The van der Waals surface area contributed by atoms with E-state index in [1.807, 2.05) is 24.3 Å². The molecule has 106 valence electrons. The third-order valence-corrected chi connectivity index (χ3v) is 4.84. The van der Waals surface area contributed by atoms with Crippen LogP contribution in [-0.2, 0) is 9.59 Å². The van der Waals surface area contributed by atoms with Gasteiger partial charge >= 0.3 is 0 Å². The lowest BCUT2D eigenvalue weighted by Gasteiger charge is -2.34. The number of imide groups is 1. The summed E-state index contributed by atoms with van der Waals surface area (Å²) >= 11 is 6.05. The van der Waals surface area contributed by atoms with Gasteiger partial charge in [-0.3, -0.25) is 14.9 Å². The van der Waals surface area contributed by atoms with Crippen LogP contribution in [0.4, 0.5) is 0 Å². The predicted molar refractivity (Wildman–Crippen MR) is 77.4 cm³/mol. The maximum atomic E-state index is 12.3. The van der Waals surface area contributed by atoms with E-state index in [2.05, 4.69) is 5.32 Å². The summed E-state index contributed by atoms with van der Waals surface area (Å²) in [5.41, 5.74) is 0.930. The smallest absolute Gasteiger partial charge is 0.234 e. The van der Waals surface area contributed by atoms with Crippen molar-refractivity contribution in [3.05, 3.63) is 34.9 Å². The van der Waals surface area contributed by atoms with Gasteiger partial charge in [-0.25, -0.2) is 0 Å². The van der Waals surface area contributed by atoms with E-state index < -0.39 is 0 Å². The number of halogens is 1. The molecule has 2 aliphatic rings. The van der Waals surface area contributed by atoms with Crippen molar-refractivity contribution in [1.82, 2.24) is 5.32 Å². The summed E-state index contributed by atoms with van der Waals surface area (Å²) in [7, 11) is 0. The molecule has 0 aromatic heterocycles. The van der Waals surface area contributed by atoms with Crippen LogP contribution in [0.15, 0.2) is 24.3 Å². The van der Waals surface area contributed by atoms with E-state index in [0.29, 0.717) is 17.4 Å². The van der Waals surface area contributed by atoms with Crippen molar-refractivity contribution in [2.24, 2.45) is 11.8 Å². The Balaban J connectivity index is 1.94. The van der Waals surface area contributed by atoms with Gasteiger partial charge in [-0.2, -0.15) is 0 Å². The summed E-state index contributed by atoms with van der Waals surface area (Å²) in [4.78, 5) is 24.0. The molecule has 2 atom stereocenters. The van der Waals surface area contributed by atoms with Crippen LogP contribution in [0.25, 0.3) is 0 Å². The second kappa shape index (κ2) is 5.57. The number of hydrogen-bond donors (Lipinski definition) is 1. The molecule has 2 unspecified atom stereocenters. The molecule has 2 fully saturated rings. The highest BCUT2D eigenvalue weighted by Gasteiger charge is 2.41. The number of hydrogen-bond acceptors (Lipinski definition) is 2. The fourth-order valence-corrected chi connectivity index (χ4v) is 3.91. The van der Waals surface area contributed by atoms with Crippen LogP contribution in [0.5, 0.6) is 0 Å². The average Bonchev–Trinajstić information content (AvgIpc) is 2.91. The zero-order chi connectivity index (χ0) is 14.1. The molecule has 1 saturated heterocycles. The van der Waals surface area contributed by atoms with Crippen molar-refractivity contribution in [2.75, 3.05) is 0 Å². The van der Waals surface area contributed by atoms with E-state index >= 15 is 0 Å². The third kappa shape index (κ3) is 2.59. The van der Waals surface area contributed by atoms with Crippen LogP contribution < -0.4 is 5.32 Å². The molecule has 1 heterocycles. The first-order chi connectivity index (χ1) is 9.65. The number of carbonyl (C=O) groups excluding carboxylic acids is 2. The Morgan fingerprint density at radius 1 is 1.15 bits per heavy atom. The fraction of sp³-hybridized carbons (Fsp3) is 0.500. The van der Waals surface area contributed by atoms with Crippen molar-refractivity contribution in [3.63, 3.8) is 0 Å². The standard InChI is InChI=1S/C16H18ClNO2/c17-12-7-3-6-11(8-12)15-13(10-4-1-2-5-10)9-14(19)18-16(15)20/h3,6-8,10,13,15H,1-2,4-5,9H2,(H,18,19,20). The van der Waals surface area contributed by atoms with Gasteiger partial charge in [0, 0.05) is 11.4 Å². The molecule has 1 N–H and O–H groups in total. The summed E-state index contributed by atoms with van der Waals surface area (Å²) in [6.07, 6.45) is 5.12. The number of rotatable bonds is 2. The quantitative estimate of drug-likeness (QED) is 0.850. The van der Waals surface area contributed by atoms with Crippen molar-refractivity contribution in [3.8, 4) is 0 Å². The number of benzene rings is 1. The third-order valence-electron chi connectivity index (χ3n) is 4.61. The molecule has 4 heteroatoms. The van der Waals surface area contributed by atoms with Gasteiger partial charge in [0.1, 0.15) is 0 Å². The maximum Gasteiger partial charge on any atom is 0.234 e. The molecule has 1 saturated carbocycles. The van der Waals surface area contributed by atoms with Gasteiger partial charge < -0.3 is 0 Å². The minimum atomic E-state index is -0.241. The molecular formula is C16H18ClNO2. The Kier molecular flexibility index (Phi) is 3.79. The largest absolute Gasteiger partial charge is 0.296 e. The number of piperidine rings is 1. The molecule has 0 spiro atoms. The number of amides is 2. The topological polar surface area (TPSA) is 46.2 Å². The molecular weight excluding hydrogens is 274 g/mol. The van der Waals surface area contributed by atoms with Gasteiger partial charge in [0.25, 0.3) is 0 Å². The average molecular weight is 292 g/mol. The molecule has 1 aromatic carbocycles. The van der Waals surface area contributed by atoms with Gasteiger partial charge in [0.05, 0.1) is 5.92 Å². The first kappa shape index (κ1) is 13.6. The Hall–Kier alpha value is -1.35. The molecule has 1 aliphatic heterocycles. The number of nitrogens with one attached hydrogen (secondary N) is 1. The molecule has 0 radical (unpaired) electrons. The fourth-order valence-electron chi connectivity index (χ4n) is 3.72. The Labute approximate surface area is 123 Å². The van der Waals surface area contributed by atoms with Crippen molar-refractivity contribution in [2.45, 2.75) is 38.0 Å². The predicted octanol–water partition coefficient (Wildman–Crippen LogP) is 3.28. The summed E-state index contributed by atoms with van der Waals surface area (Å²) in [6.45, 7) is 0. The molecule has 3 rings (SSSR count). The summed E-state index contributed by atoms with van der Waals surface area (Å²) in [5, 5.41) is 3.12.